The van der Waals surface area contributed by atoms with E-state index in [4.69, 9.17) is 5.73 Å². The molecule has 0 aliphatic heterocycles. The van der Waals surface area contributed by atoms with Gasteiger partial charge in [0.1, 0.15) is 17.0 Å². The van der Waals surface area contributed by atoms with Crippen LogP contribution < -0.4 is 5.73 Å². The third-order valence-corrected chi connectivity index (χ3v) is 2.91. The Morgan fingerprint density at radius 3 is 2.83 bits per heavy atom. The maximum atomic E-state index is 11.0. The predicted octanol–water partition coefficient (Wildman–Crippen LogP) is 1.22. The minimum absolute atomic E-state index is 0.00495. The molecule has 0 radical (unpaired) electrons. The second-order valence-electron chi connectivity index (χ2n) is 3.23. The van der Waals surface area contributed by atoms with Crippen LogP contribution in [0.15, 0.2) is 28.6 Å². The van der Waals surface area contributed by atoms with Gasteiger partial charge in [-0.05, 0) is 24.8 Å². The van der Waals surface area contributed by atoms with Gasteiger partial charge in [-0.2, -0.15) is 4.98 Å². The van der Waals surface area contributed by atoms with E-state index in [9.17, 15) is 10.1 Å². The van der Waals surface area contributed by atoms with E-state index in [2.05, 4.69) is 19.9 Å². The standard InChI is InChI=1S/C9H8N6O2S/c1-5-7(15(16)17)8(14-9(10)13-5)18-6-2-3-11-4-12-6/h2-4H,1H3,(H2,10,13,14). The van der Waals surface area contributed by atoms with Crippen LogP contribution in [0.3, 0.4) is 0 Å². The molecule has 0 amide bonds. The number of hydrogen-bond donors (Lipinski definition) is 1. The first-order valence-electron chi connectivity index (χ1n) is 4.80. The van der Waals surface area contributed by atoms with Crippen LogP contribution >= 0.6 is 11.8 Å². The first-order chi connectivity index (χ1) is 8.58. The molecule has 0 aliphatic rings. The Hall–Kier alpha value is -2.29. The summed E-state index contributed by atoms with van der Waals surface area (Å²) in [6.45, 7) is 1.51. The smallest absolute Gasteiger partial charge is 0.322 e. The van der Waals surface area contributed by atoms with Crippen molar-refractivity contribution in [2.75, 3.05) is 5.73 Å². The molecule has 2 N–H and O–H groups in total. The molecule has 0 spiro atoms. The lowest BCUT2D eigenvalue weighted by Crippen LogP contribution is -2.04. The SMILES string of the molecule is Cc1nc(N)nc(Sc2ccncn2)c1[N+](=O)[O-]. The summed E-state index contributed by atoms with van der Waals surface area (Å²) in [5.74, 6) is -0.00495. The monoisotopic (exact) mass is 264 g/mol. The van der Waals surface area contributed by atoms with Gasteiger partial charge in [-0.15, -0.1) is 0 Å². The summed E-state index contributed by atoms with van der Waals surface area (Å²) < 4.78 is 0. The van der Waals surface area contributed by atoms with Crippen molar-refractivity contribution in [1.29, 1.82) is 0 Å². The molecule has 0 saturated carbocycles. The molecule has 2 rings (SSSR count). The summed E-state index contributed by atoms with van der Waals surface area (Å²) in [5, 5.41) is 11.7. The summed E-state index contributed by atoms with van der Waals surface area (Å²) in [4.78, 5) is 25.8. The normalized spacial score (nSPS) is 10.3. The molecule has 0 aliphatic carbocycles. The Kier molecular flexibility index (Phi) is 3.33. The largest absolute Gasteiger partial charge is 0.368 e. The van der Waals surface area contributed by atoms with Crippen molar-refractivity contribution < 1.29 is 4.92 Å². The van der Waals surface area contributed by atoms with Crippen LogP contribution in [0.2, 0.25) is 0 Å². The molecule has 2 aromatic rings. The lowest BCUT2D eigenvalue weighted by molar-refractivity contribution is -0.389. The van der Waals surface area contributed by atoms with Crippen LogP contribution in [-0.4, -0.2) is 24.9 Å². The van der Waals surface area contributed by atoms with E-state index < -0.39 is 4.92 Å². The number of hydrogen-bond acceptors (Lipinski definition) is 8. The van der Waals surface area contributed by atoms with Crippen molar-refractivity contribution in [3.8, 4) is 0 Å². The number of nitrogen functional groups attached to an aromatic ring is 1. The number of nitrogens with zero attached hydrogens (tertiary/aromatic N) is 5. The molecule has 8 nitrogen and oxygen atoms in total. The lowest BCUT2D eigenvalue weighted by Gasteiger charge is -2.04. The molecule has 0 saturated heterocycles. The summed E-state index contributed by atoms with van der Waals surface area (Å²) in [6.07, 6.45) is 2.89. The summed E-state index contributed by atoms with van der Waals surface area (Å²) in [5.41, 5.74) is 5.56. The molecule has 9 heteroatoms. The third kappa shape index (κ3) is 2.51. The maximum Gasteiger partial charge on any atom is 0.322 e. The Morgan fingerprint density at radius 1 is 1.44 bits per heavy atom. The van der Waals surface area contributed by atoms with Crippen molar-refractivity contribution in [2.45, 2.75) is 17.0 Å². The summed E-state index contributed by atoms with van der Waals surface area (Å²) >= 11 is 1.05. The molecule has 18 heavy (non-hydrogen) atoms. The van der Waals surface area contributed by atoms with Gasteiger partial charge in [0.15, 0.2) is 5.03 Å². The van der Waals surface area contributed by atoms with Crippen LogP contribution in [-0.2, 0) is 0 Å². The molecule has 0 unspecified atom stereocenters. The number of aromatic nitrogens is 4. The fraction of sp³-hybridized carbons (Fsp3) is 0.111. The van der Waals surface area contributed by atoms with Gasteiger partial charge in [-0.3, -0.25) is 10.1 Å². The third-order valence-electron chi connectivity index (χ3n) is 1.98. The van der Waals surface area contributed by atoms with Crippen molar-refractivity contribution >= 4 is 23.4 Å². The fourth-order valence-electron chi connectivity index (χ4n) is 1.28. The molecule has 0 fully saturated rings. The maximum absolute atomic E-state index is 11.0. The van der Waals surface area contributed by atoms with Crippen LogP contribution in [0.1, 0.15) is 5.69 Å². The van der Waals surface area contributed by atoms with Crippen LogP contribution in [0, 0.1) is 17.0 Å². The molecule has 0 aromatic carbocycles. The number of nitrogens with two attached hydrogens (primary N) is 1. The Morgan fingerprint density at radius 2 is 2.22 bits per heavy atom. The molecule has 2 heterocycles. The van der Waals surface area contributed by atoms with Crippen LogP contribution in [0.25, 0.3) is 0 Å². The van der Waals surface area contributed by atoms with E-state index >= 15 is 0 Å². The quantitative estimate of drug-likeness (QED) is 0.499. The minimum atomic E-state index is -0.529. The zero-order valence-corrected chi connectivity index (χ0v) is 10.1. The average molecular weight is 264 g/mol. The summed E-state index contributed by atoms with van der Waals surface area (Å²) in [7, 11) is 0. The average Bonchev–Trinajstić information content (AvgIpc) is 2.28. The van der Waals surface area contributed by atoms with E-state index in [0.717, 1.165) is 11.8 Å². The van der Waals surface area contributed by atoms with Crippen LogP contribution in [0.5, 0.6) is 0 Å². The van der Waals surface area contributed by atoms with E-state index in [0.29, 0.717) is 5.03 Å². The molecular formula is C9H8N6O2S. The first kappa shape index (κ1) is 12.2. The first-order valence-corrected chi connectivity index (χ1v) is 5.62. The van der Waals surface area contributed by atoms with Gasteiger partial charge in [0.25, 0.3) is 0 Å². The number of nitro groups is 1. The van der Waals surface area contributed by atoms with E-state index in [1.165, 1.54) is 13.3 Å². The highest BCUT2D eigenvalue weighted by atomic mass is 32.2. The predicted molar refractivity (Wildman–Crippen MR) is 64.0 cm³/mol. The van der Waals surface area contributed by atoms with Crippen molar-refractivity contribution in [3.05, 3.63) is 34.4 Å². The van der Waals surface area contributed by atoms with Crippen molar-refractivity contribution in [1.82, 2.24) is 19.9 Å². The van der Waals surface area contributed by atoms with Gasteiger partial charge < -0.3 is 5.73 Å². The van der Waals surface area contributed by atoms with E-state index in [1.54, 1.807) is 12.3 Å². The van der Waals surface area contributed by atoms with Gasteiger partial charge in [0.05, 0.1) is 4.92 Å². The minimum Gasteiger partial charge on any atom is -0.368 e. The molecule has 0 bridgehead atoms. The van der Waals surface area contributed by atoms with E-state index in [1.807, 2.05) is 0 Å². The Balaban J connectivity index is 2.46. The van der Waals surface area contributed by atoms with Crippen molar-refractivity contribution in [3.63, 3.8) is 0 Å². The molecule has 2 aromatic heterocycles. The second-order valence-corrected chi connectivity index (χ2v) is 4.24. The zero-order chi connectivity index (χ0) is 13.1. The Labute approximate surface area is 106 Å². The zero-order valence-electron chi connectivity index (χ0n) is 9.27. The van der Waals surface area contributed by atoms with E-state index in [-0.39, 0.29) is 22.4 Å². The molecular weight excluding hydrogens is 256 g/mol. The molecule has 92 valence electrons. The highest BCUT2D eigenvalue weighted by Gasteiger charge is 2.22. The van der Waals surface area contributed by atoms with Gasteiger partial charge >= 0.3 is 5.69 Å². The topological polar surface area (TPSA) is 121 Å². The highest BCUT2D eigenvalue weighted by molar-refractivity contribution is 7.99. The molecule has 0 atom stereocenters. The van der Waals surface area contributed by atoms with Crippen molar-refractivity contribution in [2.24, 2.45) is 0 Å². The number of anilines is 1. The Bertz CT molecular complexity index is 591. The highest BCUT2D eigenvalue weighted by Crippen LogP contribution is 2.33. The number of rotatable bonds is 3. The van der Waals surface area contributed by atoms with Gasteiger partial charge in [-0.25, -0.2) is 15.0 Å². The van der Waals surface area contributed by atoms with Gasteiger partial charge in [0.2, 0.25) is 5.95 Å². The van der Waals surface area contributed by atoms with Gasteiger partial charge in [-0.1, -0.05) is 0 Å². The fourth-order valence-corrected chi connectivity index (χ4v) is 2.17. The number of aryl methyl sites for hydroxylation is 1. The summed E-state index contributed by atoms with van der Waals surface area (Å²) in [6, 6.07) is 1.63. The lowest BCUT2D eigenvalue weighted by atomic mass is 10.4. The van der Waals surface area contributed by atoms with Crippen LogP contribution in [0.4, 0.5) is 11.6 Å². The van der Waals surface area contributed by atoms with Gasteiger partial charge in [0, 0.05) is 6.20 Å². The second kappa shape index (κ2) is 4.92.